The maximum atomic E-state index is 13.6. The van der Waals surface area contributed by atoms with Gasteiger partial charge in [-0.1, -0.05) is 36.4 Å². The van der Waals surface area contributed by atoms with Crippen molar-refractivity contribution in [2.24, 2.45) is 0 Å². The summed E-state index contributed by atoms with van der Waals surface area (Å²) in [4.78, 5) is 47.0. The summed E-state index contributed by atoms with van der Waals surface area (Å²) in [7, 11) is 0. The molecule has 3 amide bonds. The van der Waals surface area contributed by atoms with Crippen LogP contribution in [0.5, 0.6) is 0 Å². The monoisotopic (exact) mass is 477 g/mol. The van der Waals surface area contributed by atoms with E-state index < -0.39 is 5.54 Å². The molecule has 176 valence electrons. The van der Waals surface area contributed by atoms with Crippen LogP contribution in [0.25, 0.3) is 0 Å². The van der Waals surface area contributed by atoms with E-state index in [-0.39, 0.29) is 41.7 Å². The lowest BCUT2D eigenvalue weighted by Crippen LogP contribution is -2.64. The third-order valence-corrected chi connectivity index (χ3v) is 7.35. The Morgan fingerprint density at radius 3 is 2.65 bits per heavy atom. The number of thiophene rings is 1. The second kappa shape index (κ2) is 9.06. The van der Waals surface area contributed by atoms with Crippen LogP contribution < -0.4 is 10.6 Å². The van der Waals surface area contributed by atoms with Crippen LogP contribution in [0.15, 0.2) is 54.2 Å². The largest absolute Gasteiger partial charge is 0.350 e. The average Bonchev–Trinajstić information content (AvgIpc) is 3.34. The SMILES string of the molecule is C[C@@]1(C(=O)NCc2ccccc2)Cn2cnc(C(=O)NCCc3cccs3)c2C(=O)N1C1CC1. The summed E-state index contributed by atoms with van der Waals surface area (Å²) in [5, 5.41) is 7.88. The highest BCUT2D eigenvalue weighted by Crippen LogP contribution is 2.38. The molecule has 1 aromatic carbocycles. The maximum Gasteiger partial charge on any atom is 0.274 e. The summed E-state index contributed by atoms with van der Waals surface area (Å²) >= 11 is 1.64. The van der Waals surface area contributed by atoms with E-state index in [1.807, 2.05) is 47.8 Å². The summed E-state index contributed by atoms with van der Waals surface area (Å²) in [6.07, 6.45) is 3.92. The molecule has 3 aromatic rings. The van der Waals surface area contributed by atoms with Crippen molar-refractivity contribution in [3.05, 3.63) is 76.0 Å². The molecule has 1 fully saturated rings. The van der Waals surface area contributed by atoms with E-state index in [9.17, 15) is 14.4 Å². The average molecular weight is 478 g/mol. The quantitative estimate of drug-likeness (QED) is 0.521. The van der Waals surface area contributed by atoms with Gasteiger partial charge in [0, 0.05) is 24.0 Å². The lowest BCUT2D eigenvalue weighted by molar-refractivity contribution is -0.133. The number of hydrogen-bond acceptors (Lipinski definition) is 5. The lowest BCUT2D eigenvalue weighted by atomic mass is 9.93. The number of aromatic nitrogens is 2. The Labute approximate surface area is 202 Å². The topological polar surface area (TPSA) is 96.3 Å². The number of amides is 3. The number of imidazole rings is 1. The number of hydrogen-bond donors (Lipinski definition) is 2. The molecule has 8 nitrogen and oxygen atoms in total. The minimum Gasteiger partial charge on any atom is -0.350 e. The Morgan fingerprint density at radius 2 is 1.94 bits per heavy atom. The van der Waals surface area contributed by atoms with Gasteiger partial charge in [0.1, 0.15) is 11.2 Å². The van der Waals surface area contributed by atoms with Crippen molar-refractivity contribution in [3.8, 4) is 0 Å². The molecule has 5 rings (SSSR count). The van der Waals surface area contributed by atoms with Crippen molar-refractivity contribution in [2.75, 3.05) is 6.54 Å². The van der Waals surface area contributed by atoms with Crippen LogP contribution in [-0.2, 0) is 24.3 Å². The molecule has 0 radical (unpaired) electrons. The van der Waals surface area contributed by atoms with Crippen LogP contribution in [-0.4, -0.2) is 50.3 Å². The van der Waals surface area contributed by atoms with E-state index in [0.717, 1.165) is 24.8 Å². The van der Waals surface area contributed by atoms with Gasteiger partial charge in [-0.25, -0.2) is 4.98 Å². The second-order valence-corrected chi connectivity index (χ2v) is 10.0. The normalized spacial score (nSPS) is 19.6. The van der Waals surface area contributed by atoms with E-state index in [4.69, 9.17) is 0 Å². The number of benzene rings is 1. The summed E-state index contributed by atoms with van der Waals surface area (Å²) in [5.41, 5.74) is 0.306. The van der Waals surface area contributed by atoms with Crippen LogP contribution in [0, 0.1) is 0 Å². The second-order valence-electron chi connectivity index (χ2n) is 9.00. The third-order valence-electron chi connectivity index (χ3n) is 6.42. The van der Waals surface area contributed by atoms with Gasteiger partial charge in [-0.3, -0.25) is 14.4 Å². The highest BCUT2D eigenvalue weighted by Gasteiger charge is 2.53. The van der Waals surface area contributed by atoms with E-state index in [0.29, 0.717) is 13.1 Å². The highest BCUT2D eigenvalue weighted by atomic mass is 32.1. The fourth-order valence-electron chi connectivity index (χ4n) is 4.53. The molecule has 3 heterocycles. The molecular weight excluding hydrogens is 450 g/mol. The Hall–Kier alpha value is -3.46. The first-order valence-corrected chi connectivity index (χ1v) is 12.4. The molecule has 2 aromatic heterocycles. The third kappa shape index (κ3) is 4.23. The maximum absolute atomic E-state index is 13.6. The first-order valence-electron chi connectivity index (χ1n) is 11.5. The predicted octanol–water partition coefficient (Wildman–Crippen LogP) is 2.61. The standard InChI is InChI=1S/C25H27N5O3S/c1-25(24(33)27-14-17-6-3-2-4-7-17)15-29-16-28-20(21(29)23(32)30(25)18-9-10-18)22(31)26-12-11-19-8-5-13-34-19/h2-8,13,16,18H,9-12,14-15H2,1H3,(H,26,31)(H,27,33)/t25-/m0/s1. The Kier molecular flexibility index (Phi) is 5.95. The number of rotatable bonds is 8. The number of fused-ring (bicyclic) bond motifs is 1. The van der Waals surface area contributed by atoms with Crippen LogP contribution in [0.4, 0.5) is 0 Å². The van der Waals surface area contributed by atoms with E-state index in [1.54, 1.807) is 27.7 Å². The van der Waals surface area contributed by atoms with Crippen LogP contribution in [0.3, 0.4) is 0 Å². The first kappa shape index (κ1) is 22.3. The zero-order valence-electron chi connectivity index (χ0n) is 19.0. The Balaban J connectivity index is 1.34. The van der Waals surface area contributed by atoms with Gasteiger partial charge in [0.15, 0.2) is 5.69 Å². The first-order chi connectivity index (χ1) is 16.5. The van der Waals surface area contributed by atoms with E-state index >= 15 is 0 Å². The van der Waals surface area contributed by atoms with Gasteiger partial charge in [0.2, 0.25) is 5.91 Å². The number of nitrogens with zero attached hydrogens (tertiary/aromatic N) is 3. The smallest absolute Gasteiger partial charge is 0.274 e. The van der Waals surface area contributed by atoms with Gasteiger partial charge in [-0.05, 0) is 43.2 Å². The van der Waals surface area contributed by atoms with Crippen LogP contribution in [0.1, 0.15) is 51.2 Å². The summed E-state index contributed by atoms with van der Waals surface area (Å²) < 4.78 is 1.65. The molecule has 0 bridgehead atoms. The molecule has 1 atom stereocenters. The van der Waals surface area contributed by atoms with Gasteiger partial charge >= 0.3 is 0 Å². The van der Waals surface area contributed by atoms with Crippen LogP contribution >= 0.6 is 11.3 Å². The zero-order valence-corrected chi connectivity index (χ0v) is 19.8. The minimum absolute atomic E-state index is 0.00151. The number of carbonyl (C=O) groups is 3. The Bertz CT molecular complexity index is 1200. The van der Waals surface area contributed by atoms with E-state index in [1.165, 1.54) is 11.2 Å². The van der Waals surface area contributed by atoms with Crippen molar-refractivity contribution >= 4 is 29.1 Å². The zero-order chi connectivity index (χ0) is 23.7. The number of nitrogens with one attached hydrogen (secondary N) is 2. The van der Waals surface area contributed by atoms with Gasteiger partial charge in [0.05, 0.1) is 12.9 Å². The molecule has 0 unspecified atom stereocenters. The summed E-state index contributed by atoms with van der Waals surface area (Å²) in [6.45, 7) is 2.90. The fraction of sp³-hybridized carbons (Fsp3) is 0.360. The minimum atomic E-state index is -1.06. The van der Waals surface area contributed by atoms with Crippen molar-refractivity contribution < 1.29 is 14.4 Å². The van der Waals surface area contributed by atoms with Gasteiger partial charge < -0.3 is 20.1 Å². The number of carbonyl (C=O) groups excluding carboxylic acids is 3. The van der Waals surface area contributed by atoms with Crippen LogP contribution in [0.2, 0.25) is 0 Å². The molecule has 2 aliphatic rings. The molecule has 1 aliphatic heterocycles. The summed E-state index contributed by atoms with van der Waals surface area (Å²) in [6, 6.07) is 13.7. The fourth-order valence-corrected chi connectivity index (χ4v) is 5.24. The molecule has 9 heteroatoms. The molecule has 0 spiro atoms. The molecular formula is C25H27N5O3S. The molecule has 1 aliphatic carbocycles. The molecule has 1 saturated carbocycles. The summed E-state index contributed by atoms with van der Waals surface area (Å²) in [5.74, 6) is -0.892. The Morgan fingerprint density at radius 1 is 1.15 bits per heavy atom. The van der Waals surface area contributed by atoms with Crippen molar-refractivity contribution in [1.82, 2.24) is 25.1 Å². The van der Waals surface area contributed by atoms with Gasteiger partial charge in [-0.2, -0.15) is 0 Å². The van der Waals surface area contributed by atoms with Gasteiger partial charge in [-0.15, -0.1) is 11.3 Å². The van der Waals surface area contributed by atoms with Crippen molar-refractivity contribution in [3.63, 3.8) is 0 Å². The molecule has 0 saturated heterocycles. The van der Waals surface area contributed by atoms with Gasteiger partial charge in [0.25, 0.3) is 11.8 Å². The van der Waals surface area contributed by atoms with Crippen molar-refractivity contribution in [2.45, 2.75) is 50.9 Å². The van der Waals surface area contributed by atoms with E-state index in [2.05, 4.69) is 15.6 Å². The lowest BCUT2D eigenvalue weighted by Gasteiger charge is -2.44. The molecule has 34 heavy (non-hydrogen) atoms. The molecule has 2 N–H and O–H groups in total. The van der Waals surface area contributed by atoms with Crippen molar-refractivity contribution in [1.29, 1.82) is 0 Å². The predicted molar refractivity (Wildman–Crippen MR) is 128 cm³/mol. The highest BCUT2D eigenvalue weighted by molar-refractivity contribution is 7.09.